The Morgan fingerprint density at radius 1 is 1.38 bits per heavy atom. The Labute approximate surface area is 119 Å². The number of rotatable bonds is 6. The highest BCUT2D eigenvalue weighted by Crippen LogP contribution is 2.12. The average Bonchev–Trinajstić information content (AvgIpc) is 2.42. The summed E-state index contributed by atoms with van der Waals surface area (Å²) in [5.74, 6) is -2.63. The van der Waals surface area contributed by atoms with Gasteiger partial charge in [-0.3, -0.25) is 4.79 Å². The van der Waals surface area contributed by atoms with E-state index < -0.39 is 23.8 Å². The fourth-order valence-corrected chi connectivity index (χ4v) is 1.40. The number of ether oxygens (including phenoxy) is 1. The van der Waals surface area contributed by atoms with Crippen LogP contribution in [0.4, 0.5) is 9.18 Å². The van der Waals surface area contributed by atoms with Gasteiger partial charge in [-0.05, 0) is 23.8 Å². The number of primary amides is 1. The number of hydrogen-bond acceptors (Lipinski definition) is 4. The highest BCUT2D eigenvalue weighted by molar-refractivity contribution is 5.95. The van der Waals surface area contributed by atoms with Crippen molar-refractivity contribution >= 4 is 24.0 Å². The highest BCUT2D eigenvalue weighted by Gasteiger charge is 2.11. The lowest BCUT2D eigenvalue weighted by Crippen LogP contribution is -2.29. The first-order valence-electron chi connectivity index (χ1n) is 5.81. The molecule has 0 saturated heterocycles. The van der Waals surface area contributed by atoms with E-state index >= 15 is 0 Å². The van der Waals surface area contributed by atoms with Gasteiger partial charge in [0.2, 0.25) is 0 Å². The van der Waals surface area contributed by atoms with Crippen molar-refractivity contribution in [3.63, 3.8) is 0 Å². The summed E-state index contributed by atoms with van der Waals surface area (Å²) in [6, 6.07) is 3.59. The monoisotopic (exact) mass is 296 g/mol. The molecule has 0 fully saturated rings. The Bertz CT molecular complexity index is 586. The number of carboxylic acid groups (broad SMARTS) is 1. The Morgan fingerprint density at radius 2 is 2.10 bits per heavy atom. The molecule has 0 heterocycles. The van der Waals surface area contributed by atoms with Crippen molar-refractivity contribution in [2.24, 2.45) is 5.73 Å². The van der Waals surface area contributed by atoms with Crippen LogP contribution in [0.1, 0.15) is 15.9 Å². The lowest BCUT2D eigenvalue weighted by molar-refractivity contribution is -0.131. The molecule has 0 atom stereocenters. The molecule has 0 aromatic heterocycles. The van der Waals surface area contributed by atoms with Crippen molar-refractivity contribution in [3.05, 3.63) is 41.2 Å². The summed E-state index contributed by atoms with van der Waals surface area (Å²) in [7, 11) is 0. The molecular weight excluding hydrogens is 283 g/mol. The topological polar surface area (TPSA) is 119 Å². The number of benzene rings is 1. The number of carbonyl (C=O) groups is 3. The van der Waals surface area contributed by atoms with Crippen LogP contribution in [0.15, 0.2) is 24.3 Å². The molecule has 0 radical (unpaired) electrons. The summed E-state index contributed by atoms with van der Waals surface area (Å²) >= 11 is 0. The van der Waals surface area contributed by atoms with E-state index in [0.29, 0.717) is 5.56 Å². The molecule has 112 valence electrons. The van der Waals surface area contributed by atoms with E-state index in [9.17, 15) is 18.8 Å². The summed E-state index contributed by atoms with van der Waals surface area (Å²) in [5.41, 5.74) is 4.84. The fourth-order valence-electron chi connectivity index (χ4n) is 1.40. The van der Waals surface area contributed by atoms with Crippen LogP contribution in [-0.2, 0) is 9.53 Å². The van der Waals surface area contributed by atoms with E-state index in [1.165, 1.54) is 18.2 Å². The lowest BCUT2D eigenvalue weighted by Gasteiger charge is -2.07. The molecule has 7 nitrogen and oxygen atoms in total. The maximum Gasteiger partial charge on any atom is 0.404 e. The molecule has 0 aliphatic carbocycles. The van der Waals surface area contributed by atoms with E-state index in [1.807, 2.05) is 0 Å². The largest absolute Gasteiger partial charge is 0.478 e. The molecule has 8 heteroatoms. The minimum atomic E-state index is -1.16. The van der Waals surface area contributed by atoms with Gasteiger partial charge in [-0.15, -0.1) is 0 Å². The molecule has 0 bridgehead atoms. The second kappa shape index (κ2) is 7.63. The first-order valence-corrected chi connectivity index (χ1v) is 5.81. The van der Waals surface area contributed by atoms with E-state index in [1.54, 1.807) is 0 Å². The average molecular weight is 296 g/mol. The minimum Gasteiger partial charge on any atom is -0.478 e. The number of nitrogens with one attached hydrogen (secondary N) is 1. The van der Waals surface area contributed by atoms with Gasteiger partial charge in [-0.1, -0.05) is 6.07 Å². The molecule has 1 aromatic rings. The third kappa shape index (κ3) is 5.72. The summed E-state index contributed by atoms with van der Waals surface area (Å²) < 4.78 is 18.0. The van der Waals surface area contributed by atoms with Crippen molar-refractivity contribution in [2.75, 3.05) is 13.2 Å². The number of halogens is 1. The first-order chi connectivity index (χ1) is 9.90. The van der Waals surface area contributed by atoms with Gasteiger partial charge in [0, 0.05) is 6.08 Å². The Morgan fingerprint density at radius 3 is 2.71 bits per heavy atom. The predicted octanol–water partition coefficient (Wildman–Crippen LogP) is 0.749. The molecule has 0 saturated carbocycles. The lowest BCUT2D eigenvalue weighted by atomic mass is 10.1. The van der Waals surface area contributed by atoms with Crippen molar-refractivity contribution in [1.82, 2.24) is 5.32 Å². The number of nitrogens with two attached hydrogens (primary N) is 1. The quantitative estimate of drug-likeness (QED) is 0.528. The standard InChI is InChI=1S/C13H13FN2O5/c14-10-3-1-8(2-4-11(17)18)7-9(10)12(19)16-5-6-21-13(15)20/h1-4,7H,5-6H2,(H2,15,20)(H,16,19)(H,17,18)/b4-2+. The van der Waals surface area contributed by atoms with Gasteiger partial charge in [0.15, 0.2) is 0 Å². The van der Waals surface area contributed by atoms with Crippen molar-refractivity contribution in [2.45, 2.75) is 0 Å². The second-order valence-corrected chi connectivity index (χ2v) is 3.83. The Balaban J connectivity index is 2.72. The molecule has 0 unspecified atom stereocenters. The second-order valence-electron chi connectivity index (χ2n) is 3.83. The highest BCUT2D eigenvalue weighted by atomic mass is 19.1. The molecule has 1 aromatic carbocycles. The van der Waals surface area contributed by atoms with Crippen molar-refractivity contribution in [1.29, 1.82) is 0 Å². The summed E-state index contributed by atoms with van der Waals surface area (Å²) in [4.78, 5) is 32.4. The van der Waals surface area contributed by atoms with Gasteiger partial charge in [0.05, 0.1) is 12.1 Å². The zero-order chi connectivity index (χ0) is 15.8. The zero-order valence-electron chi connectivity index (χ0n) is 10.8. The molecular formula is C13H13FN2O5. The van der Waals surface area contributed by atoms with E-state index in [-0.39, 0.29) is 18.7 Å². The van der Waals surface area contributed by atoms with E-state index in [4.69, 9.17) is 10.8 Å². The van der Waals surface area contributed by atoms with Gasteiger partial charge >= 0.3 is 12.1 Å². The summed E-state index contributed by atoms with van der Waals surface area (Å²) in [6.45, 7) is -0.169. The van der Waals surface area contributed by atoms with Gasteiger partial charge < -0.3 is 20.9 Å². The number of hydrogen-bond donors (Lipinski definition) is 3. The summed E-state index contributed by atoms with van der Waals surface area (Å²) in [5, 5.41) is 10.8. The van der Waals surface area contributed by atoms with Crippen LogP contribution in [0, 0.1) is 5.82 Å². The van der Waals surface area contributed by atoms with Crippen molar-refractivity contribution < 1.29 is 28.6 Å². The third-order valence-electron chi connectivity index (χ3n) is 2.29. The molecule has 0 aliphatic heterocycles. The zero-order valence-corrected chi connectivity index (χ0v) is 10.8. The Hall–Kier alpha value is -2.90. The van der Waals surface area contributed by atoms with Gasteiger partial charge in [0.25, 0.3) is 5.91 Å². The van der Waals surface area contributed by atoms with Crippen LogP contribution in [0.3, 0.4) is 0 Å². The van der Waals surface area contributed by atoms with Crippen LogP contribution in [0.2, 0.25) is 0 Å². The van der Waals surface area contributed by atoms with Gasteiger partial charge in [0.1, 0.15) is 12.4 Å². The number of carboxylic acids is 1. The molecule has 4 N–H and O–H groups in total. The SMILES string of the molecule is NC(=O)OCCNC(=O)c1cc(/C=C/C(=O)O)ccc1F. The minimum absolute atomic E-state index is 0.0313. The van der Waals surface area contributed by atoms with E-state index in [0.717, 1.165) is 12.1 Å². The Kier molecular flexibility index (Phi) is 5.87. The third-order valence-corrected chi connectivity index (χ3v) is 2.29. The smallest absolute Gasteiger partial charge is 0.404 e. The van der Waals surface area contributed by atoms with Crippen LogP contribution >= 0.6 is 0 Å². The molecule has 2 amide bonds. The van der Waals surface area contributed by atoms with Crippen LogP contribution in [0.25, 0.3) is 6.08 Å². The molecule has 1 rings (SSSR count). The van der Waals surface area contributed by atoms with Crippen LogP contribution in [0.5, 0.6) is 0 Å². The van der Waals surface area contributed by atoms with Crippen LogP contribution in [-0.4, -0.2) is 36.2 Å². The number of amides is 2. The maximum absolute atomic E-state index is 13.5. The van der Waals surface area contributed by atoms with Crippen LogP contribution < -0.4 is 11.1 Å². The maximum atomic E-state index is 13.5. The first kappa shape index (κ1) is 16.2. The van der Waals surface area contributed by atoms with Crippen molar-refractivity contribution in [3.8, 4) is 0 Å². The molecule has 21 heavy (non-hydrogen) atoms. The molecule has 0 spiro atoms. The molecule has 0 aliphatic rings. The predicted molar refractivity (Wildman–Crippen MR) is 70.9 cm³/mol. The van der Waals surface area contributed by atoms with Gasteiger partial charge in [-0.2, -0.15) is 0 Å². The summed E-state index contributed by atoms with van der Waals surface area (Å²) in [6.07, 6.45) is 1.13. The number of carbonyl (C=O) groups excluding carboxylic acids is 2. The normalized spacial score (nSPS) is 10.3. The van der Waals surface area contributed by atoms with E-state index in [2.05, 4.69) is 10.1 Å². The number of aliphatic carboxylic acids is 1. The van der Waals surface area contributed by atoms with Gasteiger partial charge in [-0.25, -0.2) is 14.0 Å². The fraction of sp³-hybridized carbons (Fsp3) is 0.154.